The zero-order chi connectivity index (χ0) is 30.8. The minimum atomic E-state index is -0.536. The van der Waals surface area contributed by atoms with Gasteiger partial charge in [-0.25, -0.2) is 9.78 Å². The summed E-state index contributed by atoms with van der Waals surface area (Å²) in [7, 11) is 1.61. The van der Waals surface area contributed by atoms with Crippen LogP contribution < -0.4 is 16.0 Å². The van der Waals surface area contributed by atoms with Crippen LogP contribution in [0, 0.1) is 12.8 Å². The van der Waals surface area contributed by atoms with Gasteiger partial charge in [0.1, 0.15) is 22.9 Å². The lowest BCUT2D eigenvalue weighted by molar-refractivity contribution is -0.145. The lowest BCUT2D eigenvalue weighted by atomic mass is 9.78. The number of methoxy groups -OCH3 is 1. The second-order valence-electron chi connectivity index (χ2n) is 11.3. The van der Waals surface area contributed by atoms with Crippen LogP contribution in [0.2, 0.25) is 0 Å². The molecule has 0 bridgehead atoms. The number of carbonyl (C=O) groups excluding carboxylic acids is 1. The fourth-order valence-corrected chi connectivity index (χ4v) is 7.52. The first-order chi connectivity index (χ1) is 21.4. The molecule has 1 aliphatic carbocycles. The summed E-state index contributed by atoms with van der Waals surface area (Å²) in [6.45, 7) is 5.34. The lowest BCUT2D eigenvalue weighted by Gasteiger charge is -2.36. The number of oxazole rings is 1. The van der Waals surface area contributed by atoms with Gasteiger partial charge in [-0.05, 0) is 57.1 Å². The summed E-state index contributed by atoms with van der Waals surface area (Å²) >= 11 is 1.32. The zero-order valence-corrected chi connectivity index (χ0v) is 26.0. The van der Waals surface area contributed by atoms with Crippen LogP contribution in [0.1, 0.15) is 62.3 Å². The number of para-hydroxylation sites is 1. The largest absolute Gasteiger partial charge is 0.496 e. The zero-order valence-electron chi connectivity index (χ0n) is 25.2. The first kappa shape index (κ1) is 30.3. The van der Waals surface area contributed by atoms with Crippen LogP contribution in [0.15, 0.2) is 50.7 Å². The molecule has 44 heavy (non-hydrogen) atoms. The monoisotopic (exact) mass is 623 g/mol. The molecule has 1 saturated carbocycles. The minimum Gasteiger partial charge on any atom is -0.496 e. The molecule has 2 aliphatic rings. The van der Waals surface area contributed by atoms with Gasteiger partial charge in [-0.2, -0.15) is 0 Å². The number of esters is 1. The van der Waals surface area contributed by atoms with E-state index < -0.39 is 11.8 Å². The molecule has 1 saturated heterocycles. The molecule has 1 aromatic carbocycles. The van der Waals surface area contributed by atoms with Gasteiger partial charge in [0, 0.05) is 31.2 Å². The standard InChI is InChI=1S/C32H37N3O8S/c1-4-41-26(36)17-20-15-21(16-20)35-30(37)27-19(2)28(29-33-11-14-42-29)44-31(27)34(32(35)38)18-25(43-22-9-12-40-13-10-22)23-7-5-6-8-24(23)39-3/h5-8,11,14,20-22,25H,4,9-10,12-13,15-18H2,1-3H3/t20-,21-,25-/m0/s1. The third-order valence-corrected chi connectivity index (χ3v) is 9.87. The Labute approximate surface area is 258 Å². The Bertz CT molecular complexity index is 1730. The summed E-state index contributed by atoms with van der Waals surface area (Å²) in [5, 5.41) is 0.460. The Morgan fingerprint density at radius 2 is 1.95 bits per heavy atom. The number of fused-ring (bicyclic) bond motifs is 1. The van der Waals surface area contributed by atoms with Crippen molar-refractivity contribution in [2.45, 2.75) is 70.7 Å². The molecule has 4 heterocycles. The van der Waals surface area contributed by atoms with Crippen LogP contribution in [0.25, 0.3) is 21.0 Å². The second kappa shape index (κ2) is 13.1. The molecule has 4 aromatic rings. The highest BCUT2D eigenvalue weighted by atomic mass is 32.1. The van der Waals surface area contributed by atoms with Crippen molar-refractivity contribution < 1.29 is 28.2 Å². The molecule has 12 heteroatoms. The number of carbonyl (C=O) groups is 1. The third kappa shape index (κ3) is 5.85. The Hall–Kier alpha value is -3.74. The van der Waals surface area contributed by atoms with Gasteiger partial charge < -0.3 is 23.4 Å². The summed E-state index contributed by atoms with van der Waals surface area (Å²) in [5.41, 5.74) is 0.782. The molecular formula is C32H37N3O8S. The highest BCUT2D eigenvalue weighted by Crippen LogP contribution is 2.41. The highest BCUT2D eigenvalue weighted by Gasteiger charge is 2.36. The average molecular weight is 624 g/mol. The van der Waals surface area contributed by atoms with Gasteiger partial charge in [0.2, 0.25) is 5.89 Å². The lowest BCUT2D eigenvalue weighted by Crippen LogP contribution is -2.46. The number of rotatable bonds is 11. The maximum Gasteiger partial charge on any atom is 0.332 e. The number of aryl methyl sites for hydroxylation is 1. The molecule has 0 amide bonds. The molecule has 0 radical (unpaired) electrons. The summed E-state index contributed by atoms with van der Waals surface area (Å²) in [5.74, 6) is 0.849. The predicted molar refractivity (Wildman–Crippen MR) is 164 cm³/mol. The molecule has 0 spiro atoms. The van der Waals surface area contributed by atoms with Crippen molar-refractivity contribution in [1.29, 1.82) is 0 Å². The summed E-state index contributed by atoms with van der Waals surface area (Å²) in [4.78, 5) is 46.1. The van der Waals surface area contributed by atoms with Crippen molar-refractivity contribution in [3.8, 4) is 16.5 Å². The van der Waals surface area contributed by atoms with E-state index in [0.29, 0.717) is 65.0 Å². The van der Waals surface area contributed by atoms with E-state index in [1.54, 1.807) is 24.8 Å². The van der Waals surface area contributed by atoms with Crippen LogP contribution in [0.5, 0.6) is 5.75 Å². The van der Waals surface area contributed by atoms with Crippen molar-refractivity contribution in [3.63, 3.8) is 0 Å². The van der Waals surface area contributed by atoms with Gasteiger partial charge >= 0.3 is 11.7 Å². The van der Waals surface area contributed by atoms with Gasteiger partial charge in [0.25, 0.3) is 5.56 Å². The number of benzene rings is 1. The van der Waals surface area contributed by atoms with Gasteiger partial charge in [0.15, 0.2) is 0 Å². The van der Waals surface area contributed by atoms with Gasteiger partial charge in [-0.3, -0.25) is 18.7 Å². The van der Waals surface area contributed by atoms with E-state index in [2.05, 4.69) is 4.98 Å². The predicted octanol–water partition coefficient (Wildman–Crippen LogP) is 5.04. The van der Waals surface area contributed by atoms with E-state index in [4.69, 9.17) is 23.4 Å². The summed E-state index contributed by atoms with van der Waals surface area (Å²) in [6, 6.07) is 7.32. The molecule has 6 rings (SSSR count). The van der Waals surface area contributed by atoms with Crippen LogP contribution >= 0.6 is 11.3 Å². The molecule has 1 atom stereocenters. The van der Waals surface area contributed by atoms with E-state index in [-0.39, 0.29) is 42.6 Å². The van der Waals surface area contributed by atoms with Crippen LogP contribution in [0.4, 0.5) is 0 Å². The molecule has 11 nitrogen and oxygen atoms in total. The smallest absolute Gasteiger partial charge is 0.332 e. The van der Waals surface area contributed by atoms with Crippen molar-refractivity contribution in [1.82, 2.24) is 14.1 Å². The molecule has 2 fully saturated rings. The van der Waals surface area contributed by atoms with Crippen LogP contribution in [-0.4, -0.2) is 53.1 Å². The van der Waals surface area contributed by atoms with Crippen molar-refractivity contribution in [3.05, 3.63) is 68.7 Å². The number of hydrogen-bond acceptors (Lipinski definition) is 10. The molecule has 234 valence electrons. The van der Waals surface area contributed by atoms with Crippen molar-refractivity contribution in [2.75, 3.05) is 26.9 Å². The van der Waals surface area contributed by atoms with Gasteiger partial charge in [-0.1, -0.05) is 18.2 Å². The molecule has 3 aromatic heterocycles. The summed E-state index contributed by atoms with van der Waals surface area (Å²) < 4.78 is 31.7. The highest BCUT2D eigenvalue weighted by molar-refractivity contribution is 7.22. The molecule has 0 N–H and O–H groups in total. The Morgan fingerprint density at radius 3 is 2.66 bits per heavy atom. The SMILES string of the molecule is CCOC(=O)C[C@H]1C[C@H](n2c(=O)c3c(C)c(-c4ncco4)sc3n(C[C@H](OC3CCOCC3)c3ccccc3OC)c2=O)C1. The molecular weight excluding hydrogens is 586 g/mol. The number of nitrogens with zero attached hydrogens (tertiary/aromatic N) is 3. The van der Waals surface area contributed by atoms with Crippen LogP contribution in [0.3, 0.4) is 0 Å². The van der Waals surface area contributed by atoms with Crippen LogP contribution in [-0.2, 0) is 25.5 Å². The number of ether oxygens (including phenoxy) is 4. The normalized spacial score (nSPS) is 19.5. The Morgan fingerprint density at radius 1 is 1.18 bits per heavy atom. The van der Waals surface area contributed by atoms with E-state index in [9.17, 15) is 14.4 Å². The number of hydrogen-bond donors (Lipinski definition) is 0. The summed E-state index contributed by atoms with van der Waals surface area (Å²) in [6.07, 6.45) is 5.30. The van der Waals surface area contributed by atoms with E-state index in [1.165, 1.54) is 22.2 Å². The number of thiophene rings is 1. The fraction of sp³-hybridized carbons (Fsp3) is 0.500. The first-order valence-electron chi connectivity index (χ1n) is 15.1. The minimum absolute atomic E-state index is 0.0548. The van der Waals surface area contributed by atoms with E-state index >= 15 is 0 Å². The van der Waals surface area contributed by atoms with Gasteiger partial charge in [0.05, 0.1) is 42.8 Å². The Kier molecular flexibility index (Phi) is 9.01. The topological polar surface area (TPSA) is 124 Å². The van der Waals surface area contributed by atoms with Crippen molar-refractivity contribution >= 4 is 27.5 Å². The van der Waals surface area contributed by atoms with E-state index in [0.717, 1.165) is 18.4 Å². The number of aromatic nitrogens is 3. The maximum absolute atomic E-state index is 14.4. The third-order valence-electron chi connectivity index (χ3n) is 8.57. The van der Waals surface area contributed by atoms with E-state index in [1.807, 2.05) is 31.2 Å². The Balaban J connectivity index is 1.45. The second-order valence-corrected chi connectivity index (χ2v) is 12.3. The first-order valence-corrected chi connectivity index (χ1v) is 15.9. The fourth-order valence-electron chi connectivity index (χ4n) is 6.28. The van der Waals surface area contributed by atoms with Gasteiger partial charge in [-0.15, -0.1) is 11.3 Å². The molecule has 0 unspecified atom stereocenters. The average Bonchev–Trinajstić information content (AvgIpc) is 3.66. The molecule has 1 aliphatic heterocycles. The quantitative estimate of drug-likeness (QED) is 0.211. The maximum atomic E-state index is 14.4. The van der Waals surface area contributed by atoms with Crippen molar-refractivity contribution in [2.24, 2.45) is 5.92 Å².